The lowest BCUT2D eigenvalue weighted by atomic mass is 9.86. The van der Waals surface area contributed by atoms with Gasteiger partial charge in [0.2, 0.25) is 0 Å². The Morgan fingerprint density at radius 2 is 1.81 bits per heavy atom. The van der Waals surface area contributed by atoms with Crippen molar-refractivity contribution in [2.24, 2.45) is 0 Å². The van der Waals surface area contributed by atoms with E-state index in [0.717, 1.165) is 11.3 Å². The maximum absolute atomic E-state index is 12.2. The summed E-state index contributed by atoms with van der Waals surface area (Å²) in [7, 11) is 0. The Morgan fingerprint density at radius 3 is 2.42 bits per heavy atom. The molecule has 3 rings (SSSR count). The Hall–Kier alpha value is -3.09. The molecule has 2 heterocycles. The summed E-state index contributed by atoms with van der Waals surface area (Å²) in [6.07, 6.45) is 1.58. The molecule has 0 aliphatic heterocycles. The molecule has 7 heteroatoms. The predicted molar refractivity (Wildman–Crippen MR) is 95.3 cm³/mol. The molecule has 2 aromatic heterocycles. The van der Waals surface area contributed by atoms with Crippen LogP contribution in [0.4, 0.5) is 0 Å². The monoisotopic (exact) mass is 352 g/mol. The van der Waals surface area contributed by atoms with Gasteiger partial charge in [-0.2, -0.15) is 4.98 Å². The lowest BCUT2D eigenvalue weighted by Gasteiger charge is -2.18. The van der Waals surface area contributed by atoms with Gasteiger partial charge in [0.1, 0.15) is 0 Å². The van der Waals surface area contributed by atoms with Gasteiger partial charge in [-0.05, 0) is 24.0 Å². The Morgan fingerprint density at radius 1 is 1.12 bits per heavy atom. The van der Waals surface area contributed by atoms with Crippen molar-refractivity contribution in [2.45, 2.75) is 33.1 Å². The first-order chi connectivity index (χ1) is 12.3. The number of ether oxygens (including phenoxy) is 1. The average molecular weight is 352 g/mol. The molecule has 7 nitrogen and oxygen atoms in total. The summed E-state index contributed by atoms with van der Waals surface area (Å²) in [6, 6.07) is 9.06. The molecule has 0 amide bonds. The lowest BCUT2D eigenvalue weighted by Crippen LogP contribution is -2.16. The topological polar surface area (TPSA) is 86.5 Å². The van der Waals surface area contributed by atoms with Gasteiger partial charge in [0.25, 0.3) is 11.6 Å². The van der Waals surface area contributed by atoms with Crippen LogP contribution in [0.15, 0.2) is 36.5 Å². The van der Waals surface area contributed by atoms with Gasteiger partial charge in [0, 0.05) is 17.5 Å². The summed E-state index contributed by atoms with van der Waals surface area (Å²) in [5.74, 6) is -0.852. The van der Waals surface area contributed by atoms with Crippen LogP contribution in [0.5, 0.6) is 0 Å². The normalized spacial score (nSPS) is 11.5. The Kier molecular flexibility index (Phi) is 4.54. The molecule has 0 atom stereocenters. The van der Waals surface area contributed by atoms with E-state index >= 15 is 0 Å². The highest BCUT2D eigenvalue weighted by atomic mass is 16.5. The summed E-state index contributed by atoms with van der Waals surface area (Å²) in [6.45, 7) is 7.76. The highest BCUT2D eigenvalue weighted by molar-refractivity contribution is 5.98. The van der Waals surface area contributed by atoms with Crippen molar-refractivity contribution >= 4 is 17.5 Å². The molecule has 134 valence electrons. The van der Waals surface area contributed by atoms with Crippen LogP contribution in [0.25, 0.3) is 5.78 Å². The van der Waals surface area contributed by atoms with Crippen LogP contribution in [-0.4, -0.2) is 37.9 Å². The van der Waals surface area contributed by atoms with E-state index in [0.29, 0.717) is 11.3 Å². The number of benzene rings is 1. The van der Waals surface area contributed by atoms with Crippen molar-refractivity contribution in [1.82, 2.24) is 19.6 Å². The van der Waals surface area contributed by atoms with Crippen molar-refractivity contribution in [3.63, 3.8) is 0 Å². The molecular weight excluding hydrogens is 332 g/mol. The molecule has 0 N–H and O–H groups in total. The second-order valence-corrected chi connectivity index (χ2v) is 7.06. The van der Waals surface area contributed by atoms with E-state index in [2.05, 4.69) is 35.8 Å². The number of aromatic nitrogens is 4. The summed E-state index contributed by atoms with van der Waals surface area (Å²) in [5, 5.41) is 4.06. The zero-order valence-electron chi connectivity index (χ0n) is 15.2. The predicted octanol–water partition coefficient (Wildman–Crippen LogP) is 2.77. The molecule has 0 fully saturated rings. The fourth-order valence-electron chi connectivity index (χ4n) is 2.43. The van der Waals surface area contributed by atoms with Crippen LogP contribution in [0.1, 0.15) is 53.0 Å². The summed E-state index contributed by atoms with van der Waals surface area (Å²) >= 11 is 0. The van der Waals surface area contributed by atoms with Crippen molar-refractivity contribution in [3.05, 3.63) is 59.2 Å². The number of rotatable bonds is 4. The van der Waals surface area contributed by atoms with Crippen molar-refractivity contribution in [1.29, 1.82) is 0 Å². The standard InChI is InChI=1S/C19H20N4O3/c1-12-9-10-20-18-21-16(22-23(12)18)17(25)26-11-15(24)13-5-7-14(8-6-13)19(2,3)4/h5-10H,11H2,1-4H3. The minimum absolute atomic E-state index is 0.00893. The molecule has 0 aliphatic rings. The lowest BCUT2D eigenvalue weighted by molar-refractivity contribution is 0.0463. The largest absolute Gasteiger partial charge is 0.451 e. The highest BCUT2D eigenvalue weighted by Gasteiger charge is 2.18. The number of esters is 1. The molecule has 0 bridgehead atoms. The molecule has 26 heavy (non-hydrogen) atoms. The molecule has 1 aromatic carbocycles. The van der Waals surface area contributed by atoms with Gasteiger partial charge in [-0.1, -0.05) is 45.0 Å². The van der Waals surface area contributed by atoms with Crippen LogP contribution in [0.2, 0.25) is 0 Å². The molecule has 0 radical (unpaired) electrons. The zero-order chi connectivity index (χ0) is 18.9. The first-order valence-corrected chi connectivity index (χ1v) is 8.25. The van der Waals surface area contributed by atoms with Gasteiger partial charge in [0.05, 0.1) is 0 Å². The minimum atomic E-state index is -0.755. The Bertz CT molecular complexity index is 969. The number of fused-ring (bicyclic) bond motifs is 1. The quantitative estimate of drug-likeness (QED) is 0.530. The fourth-order valence-corrected chi connectivity index (χ4v) is 2.43. The van der Waals surface area contributed by atoms with Gasteiger partial charge in [-0.3, -0.25) is 4.79 Å². The maximum Gasteiger partial charge on any atom is 0.378 e. The van der Waals surface area contributed by atoms with Crippen molar-refractivity contribution in [2.75, 3.05) is 6.61 Å². The molecular formula is C19H20N4O3. The van der Waals surface area contributed by atoms with Gasteiger partial charge in [0.15, 0.2) is 12.4 Å². The highest BCUT2D eigenvalue weighted by Crippen LogP contribution is 2.22. The third-order valence-electron chi connectivity index (χ3n) is 4.02. The fraction of sp³-hybridized carbons (Fsp3) is 0.316. The van der Waals surface area contributed by atoms with E-state index in [9.17, 15) is 9.59 Å². The number of carbonyl (C=O) groups is 2. The first kappa shape index (κ1) is 17.7. The summed E-state index contributed by atoms with van der Waals surface area (Å²) in [5.41, 5.74) is 2.42. The van der Waals surface area contributed by atoms with Crippen LogP contribution >= 0.6 is 0 Å². The van der Waals surface area contributed by atoms with Crippen molar-refractivity contribution < 1.29 is 14.3 Å². The SMILES string of the molecule is Cc1ccnc2nc(C(=O)OCC(=O)c3ccc(C(C)(C)C)cc3)nn12. The van der Waals surface area contributed by atoms with Gasteiger partial charge in [-0.25, -0.2) is 14.3 Å². The second kappa shape index (κ2) is 6.67. The molecule has 0 unspecified atom stereocenters. The van der Waals surface area contributed by atoms with E-state index in [1.165, 1.54) is 4.52 Å². The van der Waals surface area contributed by atoms with Crippen LogP contribution in [-0.2, 0) is 10.2 Å². The zero-order valence-corrected chi connectivity index (χ0v) is 15.2. The Balaban J connectivity index is 1.66. The number of nitrogens with zero attached hydrogens (tertiary/aromatic N) is 4. The van der Waals surface area contributed by atoms with E-state index in [4.69, 9.17) is 4.74 Å². The minimum Gasteiger partial charge on any atom is -0.451 e. The number of hydrogen-bond acceptors (Lipinski definition) is 6. The summed E-state index contributed by atoms with van der Waals surface area (Å²) in [4.78, 5) is 32.4. The third-order valence-corrected chi connectivity index (χ3v) is 4.02. The molecule has 0 spiro atoms. The first-order valence-electron chi connectivity index (χ1n) is 8.25. The van der Waals surface area contributed by atoms with Gasteiger partial charge in [-0.15, -0.1) is 5.10 Å². The Labute approximate surface area is 151 Å². The van der Waals surface area contributed by atoms with Gasteiger partial charge >= 0.3 is 5.97 Å². The molecule has 3 aromatic rings. The maximum atomic E-state index is 12.2. The average Bonchev–Trinajstić information content (AvgIpc) is 3.04. The van der Waals surface area contributed by atoms with E-state index in [1.807, 2.05) is 19.1 Å². The van der Waals surface area contributed by atoms with Crippen molar-refractivity contribution in [3.8, 4) is 0 Å². The van der Waals surface area contributed by atoms with E-state index in [-0.39, 0.29) is 23.6 Å². The van der Waals surface area contributed by atoms with Crippen LogP contribution in [0, 0.1) is 6.92 Å². The second-order valence-electron chi connectivity index (χ2n) is 7.06. The van der Waals surface area contributed by atoms with Crippen LogP contribution < -0.4 is 0 Å². The number of ketones is 1. The molecule has 0 saturated heterocycles. The van der Waals surface area contributed by atoms with Gasteiger partial charge < -0.3 is 4.74 Å². The van der Waals surface area contributed by atoms with Crippen LogP contribution in [0.3, 0.4) is 0 Å². The number of Topliss-reactive ketones (excluding diaryl/α,β-unsaturated/α-hetero) is 1. The van der Waals surface area contributed by atoms with E-state index < -0.39 is 5.97 Å². The number of hydrogen-bond donors (Lipinski definition) is 0. The smallest absolute Gasteiger partial charge is 0.378 e. The molecule has 0 saturated carbocycles. The third kappa shape index (κ3) is 3.61. The molecule has 0 aliphatic carbocycles. The summed E-state index contributed by atoms with van der Waals surface area (Å²) < 4.78 is 6.50. The number of aryl methyl sites for hydroxylation is 1. The van der Waals surface area contributed by atoms with E-state index in [1.54, 1.807) is 24.4 Å². The number of carbonyl (C=O) groups excluding carboxylic acids is 2.